The minimum atomic E-state index is 0.380. The fourth-order valence-corrected chi connectivity index (χ4v) is 1.06. The van der Waals surface area contributed by atoms with E-state index in [9.17, 15) is 0 Å². The zero-order chi connectivity index (χ0) is 4.41. The minimum absolute atomic E-state index is 0.380. The monoisotopic (exact) mass is 122 g/mol. The van der Waals surface area contributed by atoms with Crippen molar-refractivity contribution in [1.82, 2.24) is 0 Å². The SMILES string of the molecule is C=C1OSSO1. The molecule has 0 aromatic rings. The molecular weight excluding hydrogens is 120 g/mol. The van der Waals surface area contributed by atoms with E-state index in [2.05, 4.69) is 14.9 Å². The van der Waals surface area contributed by atoms with Gasteiger partial charge in [-0.3, -0.25) is 0 Å². The van der Waals surface area contributed by atoms with Gasteiger partial charge in [0.1, 0.15) is 0 Å². The number of hydrogen-bond acceptors (Lipinski definition) is 4. The van der Waals surface area contributed by atoms with E-state index in [0.717, 1.165) is 0 Å². The molecule has 0 bridgehead atoms. The van der Waals surface area contributed by atoms with E-state index in [1.807, 2.05) is 0 Å². The third-order valence-corrected chi connectivity index (χ3v) is 1.42. The predicted octanol–water partition coefficient (Wildman–Crippen LogP) is 1.72. The topological polar surface area (TPSA) is 18.5 Å². The van der Waals surface area contributed by atoms with Crippen LogP contribution in [0.5, 0.6) is 0 Å². The molecule has 0 saturated carbocycles. The van der Waals surface area contributed by atoms with Crippen LogP contribution in [0.25, 0.3) is 0 Å². The van der Waals surface area contributed by atoms with Crippen LogP contribution in [-0.2, 0) is 8.37 Å². The molecule has 1 heterocycles. The Morgan fingerprint density at radius 2 is 1.83 bits per heavy atom. The van der Waals surface area contributed by atoms with Crippen LogP contribution in [0.2, 0.25) is 0 Å². The van der Waals surface area contributed by atoms with Gasteiger partial charge in [-0.15, -0.1) is 0 Å². The molecule has 2 nitrogen and oxygen atoms in total. The summed E-state index contributed by atoms with van der Waals surface area (Å²) in [6.07, 6.45) is 0. The Morgan fingerprint density at radius 1 is 1.33 bits per heavy atom. The zero-order valence-electron chi connectivity index (χ0n) is 2.84. The van der Waals surface area contributed by atoms with Crippen LogP contribution in [0.3, 0.4) is 0 Å². The average Bonchev–Trinajstić information content (AvgIpc) is 1.86. The maximum absolute atomic E-state index is 4.62. The van der Waals surface area contributed by atoms with Crippen molar-refractivity contribution in [1.29, 1.82) is 0 Å². The fraction of sp³-hybridized carbons (Fsp3) is 0. The molecule has 0 N–H and O–H groups in total. The summed E-state index contributed by atoms with van der Waals surface area (Å²) in [5.74, 6) is 0.380. The Balaban J connectivity index is 2.37. The first-order valence-electron chi connectivity index (χ1n) is 1.26. The van der Waals surface area contributed by atoms with Crippen LogP contribution in [-0.4, -0.2) is 0 Å². The second kappa shape index (κ2) is 1.66. The van der Waals surface area contributed by atoms with E-state index >= 15 is 0 Å². The third kappa shape index (κ3) is 0.753. The molecule has 0 aromatic carbocycles. The van der Waals surface area contributed by atoms with Crippen LogP contribution >= 0.6 is 22.1 Å². The first-order chi connectivity index (χ1) is 2.89. The van der Waals surface area contributed by atoms with E-state index in [1.165, 1.54) is 22.1 Å². The smallest absolute Gasteiger partial charge is 0.298 e. The molecule has 0 aliphatic carbocycles. The van der Waals surface area contributed by atoms with Gasteiger partial charge in [0.15, 0.2) is 22.1 Å². The van der Waals surface area contributed by atoms with E-state index < -0.39 is 0 Å². The van der Waals surface area contributed by atoms with E-state index in [0.29, 0.717) is 5.95 Å². The van der Waals surface area contributed by atoms with Gasteiger partial charge >= 0.3 is 0 Å². The van der Waals surface area contributed by atoms with Crippen LogP contribution in [0.4, 0.5) is 0 Å². The molecule has 1 fully saturated rings. The molecule has 6 heavy (non-hydrogen) atoms. The van der Waals surface area contributed by atoms with Crippen molar-refractivity contribution in [2.45, 2.75) is 0 Å². The van der Waals surface area contributed by atoms with E-state index in [-0.39, 0.29) is 0 Å². The summed E-state index contributed by atoms with van der Waals surface area (Å²) in [5, 5.41) is 0. The Kier molecular flexibility index (Phi) is 1.16. The second-order valence-corrected chi connectivity index (χ2v) is 2.10. The molecule has 0 spiro atoms. The summed E-state index contributed by atoms with van der Waals surface area (Å²) < 4.78 is 9.23. The highest BCUT2D eigenvalue weighted by molar-refractivity contribution is 8.73. The van der Waals surface area contributed by atoms with Gasteiger partial charge in [0, 0.05) is 0 Å². The molecule has 4 heteroatoms. The molecular formula is C2H2O2S2. The average molecular weight is 122 g/mol. The Labute approximate surface area is 43.7 Å². The summed E-state index contributed by atoms with van der Waals surface area (Å²) >= 11 is 2.35. The lowest BCUT2D eigenvalue weighted by atomic mass is 11.1. The summed E-state index contributed by atoms with van der Waals surface area (Å²) in [5.41, 5.74) is 0. The summed E-state index contributed by atoms with van der Waals surface area (Å²) in [6.45, 7) is 3.37. The van der Waals surface area contributed by atoms with Gasteiger partial charge in [-0.25, -0.2) is 0 Å². The highest BCUT2D eigenvalue weighted by Gasteiger charge is 2.06. The van der Waals surface area contributed by atoms with Gasteiger partial charge in [-0.1, -0.05) is 0 Å². The molecule has 0 radical (unpaired) electrons. The van der Waals surface area contributed by atoms with Crippen molar-refractivity contribution in [3.63, 3.8) is 0 Å². The lowest BCUT2D eigenvalue weighted by molar-refractivity contribution is 0.309. The van der Waals surface area contributed by atoms with E-state index in [1.54, 1.807) is 0 Å². The van der Waals surface area contributed by atoms with Crippen molar-refractivity contribution in [3.8, 4) is 0 Å². The molecule has 1 rings (SSSR count). The maximum Gasteiger partial charge on any atom is 0.298 e. The van der Waals surface area contributed by atoms with Crippen LogP contribution in [0, 0.1) is 0 Å². The van der Waals surface area contributed by atoms with Gasteiger partial charge in [0.05, 0.1) is 0 Å². The van der Waals surface area contributed by atoms with Crippen LogP contribution in [0.1, 0.15) is 0 Å². The Hall–Kier alpha value is 0.0400. The quantitative estimate of drug-likeness (QED) is 0.359. The van der Waals surface area contributed by atoms with Gasteiger partial charge in [-0.2, -0.15) is 0 Å². The Morgan fingerprint density at radius 3 is 2.00 bits per heavy atom. The Bertz CT molecular complexity index is 63.9. The van der Waals surface area contributed by atoms with Gasteiger partial charge in [-0.05, 0) is 6.58 Å². The standard InChI is InChI=1S/C2H2O2S2/c1-2-3-5-6-4-2/h1H2. The summed E-state index contributed by atoms with van der Waals surface area (Å²) in [4.78, 5) is 0. The second-order valence-electron chi connectivity index (χ2n) is 0.675. The third-order valence-electron chi connectivity index (χ3n) is 0.282. The van der Waals surface area contributed by atoms with Crippen molar-refractivity contribution in [2.75, 3.05) is 0 Å². The number of hydrogen-bond donors (Lipinski definition) is 0. The van der Waals surface area contributed by atoms with E-state index in [4.69, 9.17) is 0 Å². The zero-order valence-corrected chi connectivity index (χ0v) is 4.47. The molecule has 0 atom stereocenters. The fourth-order valence-electron chi connectivity index (χ4n) is 0.118. The highest BCUT2D eigenvalue weighted by atomic mass is 33.1. The molecule has 1 aliphatic heterocycles. The van der Waals surface area contributed by atoms with Crippen molar-refractivity contribution < 1.29 is 8.37 Å². The maximum atomic E-state index is 4.62. The normalized spacial score (nSPS) is 19.7. The van der Waals surface area contributed by atoms with Crippen molar-refractivity contribution >= 4 is 22.1 Å². The highest BCUT2D eigenvalue weighted by Crippen LogP contribution is 2.36. The van der Waals surface area contributed by atoms with Gasteiger partial charge < -0.3 is 8.37 Å². The lowest BCUT2D eigenvalue weighted by Gasteiger charge is -1.81. The largest absolute Gasteiger partial charge is 0.376 e. The molecule has 1 aliphatic rings. The van der Waals surface area contributed by atoms with Gasteiger partial charge in [0.25, 0.3) is 5.95 Å². The first kappa shape index (κ1) is 4.21. The van der Waals surface area contributed by atoms with Gasteiger partial charge in [0.2, 0.25) is 0 Å². The van der Waals surface area contributed by atoms with Crippen LogP contribution in [0.15, 0.2) is 12.5 Å². The summed E-state index contributed by atoms with van der Waals surface area (Å²) in [7, 11) is 0. The van der Waals surface area contributed by atoms with Crippen LogP contribution < -0.4 is 0 Å². The molecule has 0 unspecified atom stereocenters. The lowest BCUT2D eigenvalue weighted by Crippen LogP contribution is -1.66. The predicted molar refractivity (Wildman–Crippen MR) is 26.5 cm³/mol. The minimum Gasteiger partial charge on any atom is -0.376 e. The van der Waals surface area contributed by atoms with Crippen molar-refractivity contribution in [2.24, 2.45) is 0 Å². The summed E-state index contributed by atoms with van der Waals surface area (Å²) in [6, 6.07) is 0. The molecule has 0 aromatic heterocycles. The first-order valence-corrected chi connectivity index (χ1v) is 3.26. The molecule has 0 amide bonds. The number of rotatable bonds is 0. The molecule has 34 valence electrons. The van der Waals surface area contributed by atoms with Crippen molar-refractivity contribution in [3.05, 3.63) is 12.5 Å². The molecule has 1 saturated heterocycles.